The highest BCUT2D eigenvalue weighted by Gasteiger charge is 2.32. The minimum atomic E-state index is -3.65. The molecule has 0 aliphatic heterocycles. The normalized spacial score (nSPS) is 18.0. The van der Waals surface area contributed by atoms with Gasteiger partial charge in [-0.2, -0.15) is 4.31 Å². The number of ether oxygens (including phenoxy) is 1. The summed E-state index contributed by atoms with van der Waals surface area (Å²) in [4.78, 5) is 25.7. The molecule has 8 heteroatoms. The monoisotopic (exact) mass is 470 g/mol. The largest absolute Gasteiger partial charge is 0.444 e. The van der Waals surface area contributed by atoms with Crippen LogP contribution in [0.25, 0.3) is 0 Å². The number of hydrogen-bond donors (Lipinski definition) is 1. The summed E-state index contributed by atoms with van der Waals surface area (Å²) in [5.74, 6) is -1.04. The lowest BCUT2D eigenvalue weighted by Gasteiger charge is -2.30. The molecule has 176 valence electrons. The van der Waals surface area contributed by atoms with Crippen LogP contribution in [0.15, 0.2) is 59.5 Å². The van der Waals surface area contributed by atoms with E-state index in [-0.39, 0.29) is 28.4 Å². The first-order valence-corrected chi connectivity index (χ1v) is 12.9. The van der Waals surface area contributed by atoms with Gasteiger partial charge in [-0.05, 0) is 49.9 Å². The van der Waals surface area contributed by atoms with Gasteiger partial charge < -0.3 is 10.1 Å². The third kappa shape index (κ3) is 5.62. The third-order valence-corrected chi connectivity index (χ3v) is 8.27. The van der Waals surface area contributed by atoms with Crippen LogP contribution < -0.4 is 5.32 Å². The zero-order valence-electron chi connectivity index (χ0n) is 18.8. The lowest BCUT2D eigenvalue weighted by molar-refractivity contribution is -0.130. The van der Waals surface area contributed by atoms with Crippen molar-refractivity contribution in [2.24, 2.45) is 0 Å². The number of amides is 1. The van der Waals surface area contributed by atoms with Crippen molar-refractivity contribution in [2.75, 3.05) is 7.05 Å². The van der Waals surface area contributed by atoms with Crippen LogP contribution in [0.5, 0.6) is 0 Å². The Morgan fingerprint density at radius 1 is 0.939 bits per heavy atom. The van der Waals surface area contributed by atoms with Crippen LogP contribution in [0.3, 0.4) is 0 Å². The minimum absolute atomic E-state index is 0.00463. The smallest absolute Gasteiger partial charge is 0.339 e. The molecular formula is C25H30N2O5S. The highest BCUT2D eigenvalue weighted by atomic mass is 32.2. The van der Waals surface area contributed by atoms with E-state index in [4.69, 9.17) is 4.74 Å². The molecular weight excluding hydrogens is 440 g/mol. The molecule has 0 spiro atoms. The highest BCUT2D eigenvalue weighted by Crippen LogP contribution is 2.27. The molecule has 2 aliphatic rings. The van der Waals surface area contributed by atoms with Gasteiger partial charge in [0.2, 0.25) is 16.1 Å². The van der Waals surface area contributed by atoms with E-state index in [1.807, 2.05) is 6.07 Å². The topological polar surface area (TPSA) is 92.8 Å². The Morgan fingerprint density at radius 3 is 2.18 bits per heavy atom. The van der Waals surface area contributed by atoms with Gasteiger partial charge in [-0.25, -0.2) is 13.2 Å². The summed E-state index contributed by atoms with van der Waals surface area (Å²) in [6.45, 7) is 0. The van der Waals surface area contributed by atoms with Crippen molar-refractivity contribution >= 4 is 21.9 Å². The third-order valence-electron chi connectivity index (χ3n) is 6.34. The second-order valence-corrected chi connectivity index (χ2v) is 10.8. The molecule has 0 bridgehead atoms. The quantitative estimate of drug-likeness (QED) is 0.592. The molecule has 0 radical (unpaired) electrons. The van der Waals surface area contributed by atoms with Crippen LogP contribution in [0.1, 0.15) is 67.0 Å². The van der Waals surface area contributed by atoms with E-state index in [0.717, 1.165) is 44.9 Å². The predicted octanol–water partition coefficient (Wildman–Crippen LogP) is 3.82. The Labute approximate surface area is 195 Å². The second-order valence-electron chi connectivity index (χ2n) is 8.82. The number of benzene rings is 2. The highest BCUT2D eigenvalue weighted by molar-refractivity contribution is 7.89. The van der Waals surface area contributed by atoms with Crippen molar-refractivity contribution in [3.05, 3.63) is 65.7 Å². The van der Waals surface area contributed by atoms with Crippen LogP contribution in [-0.4, -0.2) is 43.7 Å². The Kier molecular flexibility index (Phi) is 7.14. The number of hydrogen-bond acceptors (Lipinski definition) is 5. The van der Waals surface area contributed by atoms with Gasteiger partial charge in [0, 0.05) is 24.7 Å². The SMILES string of the molecule is CN(C1CCCCC1)S(=O)(=O)c1ccc(C(=O)OC(C(=O)NC2CC2)c2ccccc2)cc1. The van der Waals surface area contributed by atoms with E-state index in [0.29, 0.717) is 5.56 Å². The minimum Gasteiger partial charge on any atom is -0.444 e. The molecule has 2 aromatic rings. The van der Waals surface area contributed by atoms with Crippen molar-refractivity contribution in [1.82, 2.24) is 9.62 Å². The fourth-order valence-corrected chi connectivity index (χ4v) is 5.57. The average molecular weight is 471 g/mol. The molecule has 7 nitrogen and oxygen atoms in total. The standard InChI is InChI=1S/C25H30N2O5S/c1-27(21-10-6-3-7-11-21)33(30,31)22-16-12-19(13-17-22)25(29)32-23(18-8-4-2-5-9-18)24(28)26-20-14-15-20/h2,4-5,8-9,12-13,16-17,20-21,23H,3,6-7,10-11,14-15H2,1H3,(H,26,28). The first kappa shape index (κ1) is 23.4. The molecule has 0 aromatic heterocycles. The van der Waals surface area contributed by atoms with Crippen molar-refractivity contribution in [1.29, 1.82) is 0 Å². The Balaban J connectivity index is 1.48. The number of esters is 1. The molecule has 2 saturated carbocycles. The first-order chi connectivity index (χ1) is 15.9. The van der Waals surface area contributed by atoms with Gasteiger partial charge in [0.15, 0.2) is 0 Å². The number of carbonyl (C=O) groups is 2. The fourth-order valence-electron chi connectivity index (χ4n) is 4.15. The van der Waals surface area contributed by atoms with Gasteiger partial charge in [-0.1, -0.05) is 49.6 Å². The maximum absolute atomic E-state index is 13.0. The van der Waals surface area contributed by atoms with E-state index in [9.17, 15) is 18.0 Å². The van der Waals surface area contributed by atoms with Crippen LogP contribution in [0.4, 0.5) is 0 Å². The number of rotatable bonds is 8. The maximum atomic E-state index is 13.0. The summed E-state index contributed by atoms with van der Waals surface area (Å²) in [6, 6.07) is 14.7. The molecule has 4 rings (SSSR count). The van der Waals surface area contributed by atoms with Crippen molar-refractivity contribution in [2.45, 2.75) is 68.0 Å². The van der Waals surface area contributed by atoms with Gasteiger partial charge >= 0.3 is 5.97 Å². The molecule has 0 saturated heterocycles. The molecule has 2 aliphatic carbocycles. The maximum Gasteiger partial charge on any atom is 0.339 e. The lowest BCUT2D eigenvalue weighted by Crippen LogP contribution is -2.38. The summed E-state index contributed by atoms with van der Waals surface area (Å²) in [6.07, 6.45) is 5.72. The van der Waals surface area contributed by atoms with Gasteiger partial charge in [0.1, 0.15) is 0 Å². The van der Waals surface area contributed by atoms with Gasteiger partial charge in [-0.15, -0.1) is 0 Å². The molecule has 1 atom stereocenters. The van der Waals surface area contributed by atoms with Gasteiger partial charge in [0.05, 0.1) is 10.5 Å². The van der Waals surface area contributed by atoms with E-state index in [1.165, 1.54) is 28.6 Å². The van der Waals surface area contributed by atoms with E-state index >= 15 is 0 Å². The zero-order valence-corrected chi connectivity index (χ0v) is 19.6. The Bertz CT molecular complexity index is 1080. The summed E-state index contributed by atoms with van der Waals surface area (Å²) >= 11 is 0. The average Bonchev–Trinajstić information content (AvgIpc) is 3.67. The predicted molar refractivity (Wildman–Crippen MR) is 124 cm³/mol. The second kappa shape index (κ2) is 10.1. The van der Waals surface area contributed by atoms with Crippen LogP contribution in [0, 0.1) is 0 Å². The fraction of sp³-hybridized carbons (Fsp3) is 0.440. The molecule has 1 N–H and O–H groups in total. The Hall–Kier alpha value is -2.71. The zero-order chi connectivity index (χ0) is 23.4. The number of sulfonamides is 1. The van der Waals surface area contributed by atoms with Crippen LogP contribution in [-0.2, 0) is 19.6 Å². The summed E-state index contributed by atoms with van der Waals surface area (Å²) in [7, 11) is -2.03. The molecule has 1 unspecified atom stereocenters. The van der Waals surface area contributed by atoms with Crippen molar-refractivity contribution in [3.8, 4) is 0 Å². The Morgan fingerprint density at radius 2 is 1.58 bits per heavy atom. The van der Waals surface area contributed by atoms with Crippen LogP contribution >= 0.6 is 0 Å². The van der Waals surface area contributed by atoms with Gasteiger partial charge in [-0.3, -0.25) is 4.79 Å². The molecule has 0 heterocycles. The first-order valence-electron chi connectivity index (χ1n) is 11.5. The molecule has 33 heavy (non-hydrogen) atoms. The molecule has 2 aromatic carbocycles. The molecule has 2 fully saturated rings. The summed E-state index contributed by atoms with van der Waals surface area (Å²) < 4.78 is 33.1. The lowest BCUT2D eigenvalue weighted by atomic mass is 9.96. The number of nitrogens with one attached hydrogen (secondary N) is 1. The number of carbonyl (C=O) groups excluding carboxylic acids is 2. The summed E-state index contributed by atoms with van der Waals surface area (Å²) in [5.41, 5.74) is 0.770. The molecule has 1 amide bonds. The van der Waals surface area contributed by atoms with E-state index in [2.05, 4.69) is 5.32 Å². The van der Waals surface area contributed by atoms with Crippen molar-refractivity contribution < 1.29 is 22.7 Å². The summed E-state index contributed by atoms with van der Waals surface area (Å²) in [5, 5.41) is 2.88. The number of nitrogens with zero attached hydrogens (tertiary/aromatic N) is 1. The van der Waals surface area contributed by atoms with E-state index < -0.39 is 22.1 Å². The van der Waals surface area contributed by atoms with Gasteiger partial charge in [0.25, 0.3) is 5.91 Å². The van der Waals surface area contributed by atoms with Crippen LogP contribution in [0.2, 0.25) is 0 Å². The van der Waals surface area contributed by atoms with E-state index in [1.54, 1.807) is 31.3 Å². The van der Waals surface area contributed by atoms with Crippen molar-refractivity contribution in [3.63, 3.8) is 0 Å².